The minimum absolute atomic E-state index is 0.127. The Bertz CT molecular complexity index is 472. The molecule has 1 amide bonds. The third-order valence-electron chi connectivity index (χ3n) is 3.56. The fourth-order valence-electron chi connectivity index (χ4n) is 2.36. The van der Waals surface area contributed by atoms with Crippen LogP contribution in [0.15, 0.2) is 18.2 Å². The number of halogens is 1. The van der Waals surface area contributed by atoms with E-state index in [1.54, 1.807) is 25.1 Å². The van der Waals surface area contributed by atoms with E-state index in [0.717, 1.165) is 24.3 Å². The summed E-state index contributed by atoms with van der Waals surface area (Å²) in [5.41, 5.74) is 0.915. The standard InChI is InChI=1S/C15H20ClNO3/c1-17(15(18)7-11-5-6-20-10-11)9-12-8-13(16)3-4-14(12)19-2/h3-4,8,11H,5-7,9-10H2,1-2H3/t11-/m0/s1. The summed E-state index contributed by atoms with van der Waals surface area (Å²) >= 11 is 6.00. The molecular formula is C15H20ClNO3. The van der Waals surface area contributed by atoms with E-state index in [4.69, 9.17) is 21.1 Å². The number of nitrogens with zero attached hydrogens (tertiary/aromatic N) is 1. The van der Waals surface area contributed by atoms with Crippen molar-refractivity contribution in [2.45, 2.75) is 19.4 Å². The summed E-state index contributed by atoms with van der Waals surface area (Å²) in [5, 5.41) is 0.644. The highest BCUT2D eigenvalue weighted by atomic mass is 35.5. The minimum atomic E-state index is 0.127. The molecule has 0 unspecified atom stereocenters. The maximum atomic E-state index is 12.2. The van der Waals surface area contributed by atoms with Crippen molar-refractivity contribution in [1.82, 2.24) is 4.90 Å². The fraction of sp³-hybridized carbons (Fsp3) is 0.533. The molecule has 1 atom stereocenters. The molecule has 5 heteroatoms. The van der Waals surface area contributed by atoms with Crippen LogP contribution in [-0.4, -0.2) is 38.2 Å². The monoisotopic (exact) mass is 297 g/mol. The van der Waals surface area contributed by atoms with Gasteiger partial charge in [-0.25, -0.2) is 0 Å². The molecule has 0 aromatic heterocycles. The van der Waals surface area contributed by atoms with Gasteiger partial charge in [-0.15, -0.1) is 0 Å². The van der Waals surface area contributed by atoms with Gasteiger partial charge in [0.05, 0.1) is 7.11 Å². The maximum Gasteiger partial charge on any atom is 0.222 e. The van der Waals surface area contributed by atoms with Gasteiger partial charge in [0.15, 0.2) is 0 Å². The lowest BCUT2D eigenvalue weighted by atomic mass is 10.0. The Hall–Kier alpha value is -1.26. The molecule has 1 aromatic rings. The Morgan fingerprint density at radius 2 is 2.35 bits per heavy atom. The number of carbonyl (C=O) groups is 1. The predicted octanol–water partition coefficient (Wildman–Crippen LogP) is 2.73. The molecule has 1 fully saturated rings. The third kappa shape index (κ3) is 3.87. The van der Waals surface area contributed by atoms with Crippen molar-refractivity contribution in [3.05, 3.63) is 28.8 Å². The van der Waals surface area contributed by atoms with Crippen molar-refractivity contribution >= 4 is 17.5 Å². The van der Waals surface area contributed by atoms with Gasteiger partial charge in [0.1, 0.15) is 5.75 Å². The molecule has 0 spiro atoms. The summed E-state index contributed by atoms with van der Waals surface area (Å²) in [5.74, 6) is 1.23. The lowest BCUT2D eigenvalue weighted by molar-refractivity contribution is -0.131. The van der Waals surface area contributed by atoms with E-state index in [0.29, 0.717) is 30.5 Å². The SMILES string of the molecule is COc1ccc(Cl)cc1CN(C)C(=O)C[C@@H]1CCOC1. The molecule has 1 saturated heterocycles. The van der Waals surface area contributed by atoms with Crippen molar-refractivity contribution in [3.63, 3.8) is 0 Å². The molecule has 0 radical (unpaired) electrons. The van der Waals surface area contributed by atoms with Gasteiger partial charge < -0.3 is 14.4 Å². The summed E-state index contributed by atoms with van der Waals surface area (Å²) in [7, 11) is 3.42. The van der Waals surface area contributed by atoms with Gasteiger partial charge in [-0.3, -0.25) is 4.79 Å². The van der Waals surface area contributed by atoms with Crippen molar-refractivity contribution in [3.8, 4) is 5.75 Å². The first kappa shape index (κ1) is 15.1. The van der Waals surface area contributed by atoms with Gasteiger partial charge in [-0.1, -0.05) is 11.6 Å². The minimum Gasteiger partial charge on any atom is -0.496 e. The van der Waals surface area contributed by atoms with Crippen LogP contribution in [0.25, 0.3) is 0 Å². The van der Waals surface area contributed by atoms with Crippen LogP contribution in [0, 0.1) is 5.92 Å². The van der Waals surface area contributed by atoms with E-state index in [1.807, 2.05) is 12.1 Å². The number of rotatable bonds is 5. The molecule has 1 aromatic carbocycles. The van der Waals surface area contributed by atoms with E-state index >= 15 is 0 Å². The van der Waals surface area contributed by atoms with E-state index < -0.39 is 0 Å². The molecule has 0 saturated carbocycles. The van der Waals surface area contributed by atoms with Crippen molar-refractivity contribution in [1.29, 1.82) is 0 Å². The van der Waals surface area contributed by atoms with Crippen LogP contribution in [0.3, 0.4) is 0 Å². The van der Waals surface area contributed by atoms with Gasteiger partial charge in [0.25, 0.3) is 0 Å². The highest BCUT2D eigenvalue weighted by molar-refractivity contribution is 6.30. The zero-order valence-electron chi connectivity index (χ0n) is 11.9. The molecule has 1 aliphatic rings. The zero-order valence-corrected chi connectivity index (χ0v) is 12.7. The summed E-state index contributed by atoms with van der Waals surface area (Å²) in [4.78, 5) is 13.9. The smallest absolute Gasteiger partial charge is 0.222 e. The highest BCUT2D eigenvalue weighted by Gasteiger charge is 2.21. The number of ether oxygens (including phenoxy) is 2. The average molecular weight is 298 g/mol. The number of hydrogen-bond acceptors (Lipinski definition) is 3. The summed E-state index contributed by atoms with van der Waals surface area (Å²) in [6, 6.07) is 5.44. The molecule has 0 aliphatic carbocycles. The van der Waals surface area contributed by atoms with E-state index in [2.05, 4.69) is 0 Å². The molecule has 110 valence electrons. The second-order valence-electron chi connectivity index (χ2n) is 5.14. The van der Waals surface area contributed by atoms with Crippen LogP contribution >= 0.6 is 11.6 Å². The Morgan fingerprint density at radius 1 is 1.55 bits per heavy atom. The van der Waals surface area contributed by atoms with E-state index in [1.165, 1.54) is 0 Å². The van der Waals surface area contributed by atoms with Crippen molar-refractivity contribution < 1.29 is 14.3 Å². The highest BCUT2D eigenvalue weighted by Crippen LogP contribution is 2.24. The lowest BCUT2D eigenvalue weighted by Crippen LogP contribution is -2.28. The summed E-state index contributed by atoms with van der Waals surface area (Å²) in [6.07, 6.45) is 1.51. The third-order valence-corrected chi connectivity index (χ3v) is 3.80. The number of benzene rings is 1. The fourth-order valence-corrected chi connectivity index (χ4v) is 2.56. The van der Waals surface area contributed by atoms with Gasteiger partial charge in [0, 0.05) is 43.8 Å². The Kier molecular flexibility index (Phi) is 5.26. The second-order valence-corrected chi connectivity index (χ2v) is 5.58. The van der Waals surface area contributed by atoms with Crippen LogP contribution in [0.2, 0.25) is 5.02 Å². The maximum absolute atomic E-state index is 12.2. The number of carbonyl (C=O) groups excluding carboxylic acids is 1. The molecular weight excluding hydrogens is 278 g/mol. The predicted molar refractivity (Wildman–Crippen MR) is 78.0 cm³/mol. The number of methoxy groups -OCH3 is 1. The molecule has 20 heavy (non-hydrogen) atoms. The topological polar surface area (TPSA) is 38.8 Å². The Labute approximate surface area is 124 Å². The molecule has 2 rings (SSSR count). The molecule has 1 aliphatic heterocycles. The summed E-state index contributed by atoms with van der Waals surface area (Å²) < 4.78 is 10.6. The van der Waals surface area contributed by atoms with Gasteiger partial charge in [-0.05, 0) is 30.5 Å². The van der Waals surface area contributed by atoms with Crippen LogP contribution in [0.4, 0.5) is 0 Å². The first-order valence-corrected chi connectivity index (χ1v) is 7.12. The van der Waals surface area contributed by atoms with Gasteiger partial charge >= 0.3 is 0 Å². The first-order chi connectivity index (χ1) is 9.60. The normalized spacial score (nSPS) is 18.1. The van der Waals surface area contributed by atoms with Gasteiger partial charge in [0.2, 0.25) is 5.91 Å². The Balaban J connectivity index is 1.97. The van der Waals surface area contributed by atoms with Crippen molar-refractivity contribution in [2.24, 2.45) is 5.92 Å². The van der Waals surface area contributed by atoms with Gasteiger partial charge in [-0.2, -0.15) is 0 Å². The van der Waals surface area contributed by atoms with E-state index in [9.17, 15) is 4.79 Å². The van der Waals surface area contributed by atoms with Crippen LogP contribution in [-0.2, 0) is 16.1 Å². The molecule has 4 nitrogen and oxygen atoms in total. The molecule has 1 heterocycles. The van der Waals surface area contributed by atoms with Crippen LogP contribution in [0.5, 0.6) is 5.75 Å². The Morgan fingerprint density at radius 3 is 3.00 bits per heavy atom. The summed E-state index contributed by atoms with van der Waals surface area (Å²) in [6.45, 7) is 1.96. The van der Waals surface area contributed by atoms with Crippen molar-refractivity contribution in [2.75, 3.05) is 27.4 Å². The average Bonchev–Trinajstić information content (AvgIpc) is 2.91. The van der Waals surface area contributed by atoms with Crippen LogP contribution in [0.1, 0.15) is 18.4 Å². The zero-order chi connectivity index (χ0) is 14.5. The number of amides is 1. The first-order valence-electron chi connectivity index (χ1n) is 6.74. The van der Waals surface area contributed by atoms with E-state index in [-0.39, 0.29) is 5.91 Å². The molecule has 0 N–H and O–H groups in total. The lowest BCUT2D eigenvalue weighted by Gasteiger charge is -2.20. The quantitative estimate of drug-likeness (QED) is 0.839. The largest absolute Gasteiger partial charge is 0.496 e. The molecule has 0 bridgehead atoms. The second kappa shape index (κ2) is 6.95. The van der Waals surface area contributed by atoms with Crippen LogP contribution < -0.4 is 4.74 Å². The number of hydrogen-bond donors (Lipinski definition) is 0.